The molecule has 1 N–H and O–H groups in total. The molecule has 0 atom stereocenters. The second-order valence-corrected chi connectivity index (χ2v) is 7.02. The number of ether oxygens (including phenoxy) is 3. The van der Waals surface area contributed by atoms with Crippen molar-refractivity contribution in [3.8, 4) is 11.5 Å². The summed E-state index contributed by atoms with van der Waals surface area (Å²) in [5.41, 5.74) is 0.616. The van der Waals surface area contributed by atoms with Crippen molar-refractivity contribution in [2.45, 2.75) is 45.9 Å². The number of hydrogen-bond acceptors (Lipinski definition) is 5. The molecule has 0 aliphatic carbocycles. The molecule has 0 aliphatic rings. The first kappa shape index (κ1) is 21.4. The molecule has 0 spiro atoms. The van der Waals surface area contributed by atoms with Crippen LogP contribution in [0.5, 0.6) is 11.5 Å². The zero-order valence-corrected chi connectivity index (χ0v) is 16.3. The van der Waals surface area contributed by atoms with Crippen LogP contribution < -0.4 is 14.8 Å². The number of pyridine rings is 1. The number of alkyl halides is 2. The van der Waals surface area contributed by atoms with Crippen LogP contribution in [0.4, 0.5) is 13.6 Å². The molecule has 8 heteroatoms. The number of amides is 1. The van der Waals surface area contributed by atoms with Crippen molar-refractivity contribution >= 4 is 6.09 Å². The molecule has 0 aliphatic heterocycles. The first-order valence-electron chi connectivity index (χ1n) is 8.67. The lowest BCUT2D eigenvalue weighted by atomic mass is 10.2. The summed E-state index contributed by atoms with van der Waals surface area (Å²) in [6.45, 7) is 5.79. The molecule has 28 heavy (non-hydrogen) atoms. The second kappa shape index (κ2) is 9.34. The number of benzene rings is 1. The van der Waals surface area contributed by atoms with Gasteiger partial charge in [-0.1, -0.05) is 12.1 Å². The van der Waals surface area contributed by atoms with Gasteiger partial charge in [0.25, 0.3) is 6.43 Å². The number of alkyl carbamates (subject to hydrolysis) is 1. The van der Waals surface area contributed by atoms with Gasteiger partial charge in [0.1, 0.15) is 17.9 Å². The molecule has 0 radical (unpaired) electrons. The average Bonchev–Trinajstić information content (AvgIpc) is 2.64. The minimum absolute atomic E-state index is 0.155. The number of carbonyl (C=O) groups excluding carboxylic acids is 1. The Morgan fingerprint density at radius 2 is 1.86 bits per heavy atom. The molecule has 1 aromatic carbocycles. The van der Waals surface area contributed by atoms with Gasteiger partial charge in [0.15, 0.2) is 11.5 Å². The molecule has 0 bridgehead atoms. The third kappa shape index (κ3) is 6.68. The number of methoxy groups -OCH3 is 1. The van der Waals surface area contributed by atoms with Crippen molar-refractivity contribution in [2.24, 2.45) is 0 Å². The van der Waals surface area contributed by atoms with Crippen LogP contribution in [0.3, 0.4) is 0 Å². The highest BCUT2D eigenvalue weighted by molar-refractivity contribution is 5.67. The summed E-state index contributed by atoms with van der Waals surface area (Å²) in [7, 11) is 1.51. The number of carbonyl (C=O) groups is 1. The summed E-state index contributed by atoms with van der Waals surface area (Å²) < 4.78 is 41.3. The minimum Gasteiger partial charge on any atom is -0.493 e. The normalized spacial score (nSPS) is 11.2. The van der Waals surface area contributed by atoms with E-state index < -0.39 is 18.1 Å². The van der Waals surface area contributed by atoms with Gasteiger partial charge in [-0.2, -0.15) is 0 Å². The van der Waals surface area contributed by atoms with Crippen molar-refractivity contribution in [1.29, 1.82) is 0 Å². The monoisotopic (exact) mass is 394 g/mol. The Bertz CT molecular complexity index is 790. The van der Waals surface area contributed by atoms with Crippen molar-refractivity contribution in [3.05, 3.63) is 53.3 Å². The van der Waals surface area contributed by atoms with Crippen LogP contribution in [-0.2, 0) is 17.9 Å². The predicted molar refractivity (Wildman–Crippen MR) is 99.6 cm³/mol. The zero-order valence-electron chi connectivity index (χ0n) is 16.3. The fraction of sp³-hybridized carbons (Fsp3) is 0.400. The molecule has 1 heterocycles. The molecule has 0 saturated carbocycles. The van der Waals surface area contributed by atoms with Crippen molar-refractivity contribution < 1.29 is 27.8 Å². The van der Waals surface area contributed by atoms with Gasteiger partial charge >= 0.3 is 6.09 Å². The number of nitrogens with zero attached hydrogens (tertiary/aromatic N) is 1. The average molecular weight is 394 g/mol. The first-order valence-corrected chi connectivity index (χ1v) is 8.67. The van der Waals surface area contributed by atoms with E-state index in [0.29, 0.717) is 17.1 Å². The highest BCUT2D eigenvalue weighted by atomic mass is 19.3. The van der Waals surface area contributed by atoms with E-state index in [1.54, 1.807) is 45.0 Å². The van der Waals surface area contributed by atoms with Gasteiger partial charge < -0.3 is 19.5 Å². The number of rotatable bonds is 7. The molecular weight excluding hydrogens is 370 g/mol. The zero-order chi connectivity index (χ0) is 20.7. The Morgan fingerprint density at radius 3 is 2.43 bits per heavy atom. The second-order valence-electron chi connectivity index (χ2n) is 7.02. The van der Waals surface area contributed by atoms with Crippen LogP contribution in [0.25, 0.3) is 0 Å². The van der Waals surface area contributed by atoms with Crippen molar-refractivity contribution in [3.63, 3.8) is 0 Å². The Morgan fingerprint density at radius 1 is 1.14 bits per heavy atom. The van der Waals surface area contributed by atoms with Crippen LogP contribution >= 0.6 is 0 Å². The van der Waals surface area contributed by atoms with E-state index in [0.717, 1.165) is 5.56 Å². The molecule has 0 unspecified atom stereocenters. The third-order valence-corrected chi connectivity index (χ3v) is 3.53. The summed E-state index contributed by atoms with van der Waals surface area (Å²) in [6.07, 6.45) is -1.75. The van der Waals surface area contributed by atoms with E-state index in [2.05, 4.69) is 10.3 Å². The smallest absolute Gasteiger partial charge is 0.407 e. The van der Waals surface area contributed by atoms with Crippen LogP contribution in [0.15, 0.2) is 36.5 Å². The Labute approximate surface area is 162 Å². The first-order chi connectivity index (χ1) is 13.2. The summed E-state index contributed by atoms with van der Waals surface area (Å²) in [6, 6.07) is 8.05. The maximum Gasteiger partial charge on any atom is 0.407 e. The van der Waals surface area contributed by atoms with Gasteiger partial charge in [-0.25, -0.2) is 13.6 Å². The maximum atomic E-state index is 12.5. The predicted octanol–water partition coefficient (Wildman–Crippen LogP) is 4.63. The molecule has 0 fully saturated rings. The molecule has 2 aromatic rings. The van der Waals surface area contributed by atoms with Gasteiger partial charge in [-0.3, -0.25) is 4.98 Å². The molecule has 1 amide bonds. The molecule has 152 valence electrons. The molecule has 6 nitrogen and oxygen atoms in total. The lowest BCUT2D eigenvalue weighted by molar-refractivity contribution is 0.0523. The SMILES string of the molecule is COc1cc(CNC(=O)OC(C)(C)C)ccc1OCc1ccc(C(F)F)nc1. The van der Waals surface area contributed by atoms with E-state index in [9.17, 15) is 13.6 Å². The summed E-state index contributed by atoms with van der Waals surface area (Å²) in [5.74, 6) is 0.974. The van der Waals surface area contributed by atoms with E-state index in [1.165, 1.54) is 19.4 Å². The van der Waals surface area contributed by atoms with Gasteiger partial charge in [0.2, 0.25) is 0 Å². The summed E-state index contributed by atoms with van der Waals surface area (Å²) >= 11 is 0. The lowest BCUT2D eigenvalue weighted by Gasteiger charge is -2.19. The third-order valence-electron chi connectivity index (χ3n) is 3.53. The molecule has 0 saturated heterocycles. The number of halogens is 2. The van der Waals surface area contributed by atoms with E-state index in [-0.39, 0.29) is 18.8 Å². The van der Waals surface area contributed by atoms with Gasteiger partial charge in [-0.05, 0) is 44.5 Å². The minimum atomic E-state index is -2.60. The summed E-state index contributed by atoms with van der Waals surface area (Å²) in [4.78, 5) is 15.4. The van der Waals surface area contributed by atoms with Crippen LogP contribution in [-0.4, -0.2) is 23.8 Å². The number of nitrogens with one attached hydrogen (secondary N) is 1. The number of hydrogen-bond donors (Lipinski definition) is 1. The van der Waals surface area contributed by atoms with E-state index in [1.807, 2.05) is 0 Å². The molecule has 1 aromatic heterocycles. The molecular formula is C20H24F2N2O4. The van der Waals surface area contributed by atoms with Crippen LogP contribution in [0, 0.1) is 0 Å². The standard InChI is InChI=1S/C20H24F2N2O4/c1-20(2,3)28-19(25)24-10-13-6-8-16(17(9-13)26-4)27-12-14-5-7-15(18(21)22)23-11-14/h5-9,11,18H,10,12H2,1-4H3,(H,24,25). The van der Waals surface area contributed by atoms with Gasteiger partial charge in [0, 0.05) is 18.3 Å². The Hall–Kier alpha value is -2.90. The fourth-order valence-corrected chi connectivity index (χ4v) is 2.24. The quantitative estimate of drug-likeness (QED) is 0.741. The Kier molecular flexibility index (Phi) is 7.14. The number of aromatic nitrogens is 1. The van der Waals surface area contributed by atoms with E-state index in [4.69, 9.17) is 14.2 Å². The van der Waals surface area contributed by atoms with Crippen LogP contribution in [0.2, 0.25) is 0 Å². The van der Waals surface area contributed by atoms with Gasteiger partial charge in [0.05, 0.1) is 7.11 Å². The molecule has 2 rings (SSSR count). The Balaban J connectivity index is 1.96. The van der Waals surface area contributed by atoms with Crippen LogP contribution in [0.1, 0.15) is 44.0 Å². The summed E-state index contributed by atoms with van der Waals surface area (Å²) in [5, 5.41) is 2.67. The largest absolute Gasteiger partial charge is 0.493 e. The highest BCUT2D eigenvalue weighted by Gasteiger charge is 2.16. The van der Waals surface area contributed by atoms with Crippen molar-refractivity contribution in [2.75, 3.05) is 7.11 Å². The maximum absolute atomic E-state index is 12.5. The highest BCUT2D eigenvalue weighted by Crippen LogP contribution is 2.29. The topological polar surface area (TPSA) is 69.7 Å². The van der Waals surface area contributed by atoms with Crippen molar-refractivity contribution in [1.82, 2.24) is 10.3 Å². The lowest BCUT2D eigenvalue weighted by Crippen LogP contribution is -2.32. The van der Waals surface area contributed by atoms with E-state index >= 15 is 0 Å². The van der Waals surface area contributed by atoms with Gasteiger partial charge in [-0.15, -0.1) is 0 Å². The fourth-order valence-electron chi connectivity index (χ4n) is 2.24.